The Morgan fingerprint density at radius 1 is 1.53 bits per heavy atom. The number of rotatable bonds is 6. The smallest absolute Gasteiger partial charge is 0.0637 e. The molecule has 0 fully saturated rings. The topological polar surface area (TPSA) is 47.3 Å². The maximum Gasteiger partial charge on any atom is 0.0637 e. The summed E-state index contributed by atoms with van der Waals surface area (Å²) in [5.74, 6) is 6.32. The van der Waals surface area contributed by atoms with E-state index < -0.39 is 0 Å². The SMILES string of the molecule is COCC(CSc1cccc(C)c1)NN. The van der Waals surface area contributed by atoms with E-state index in [9.17, 15) is 0 Å². The monoisotopic (exact) mass is 226 g/mol. The largest absolute Gasteiger partial charge is 0.383 e. The molecule has 1 rings (SSSR count). The highest BCUT2D eigenvalue weighted by Gasteiger charge is 2.06. The van der Waals surface area contributed by atoms with Crippen LogP contribution in [0.5, 0.6) is 0 Å². The Morgan fingerprint density at radius 2 is 2.33 bits per heavy atom. The van der Waals surface area contributed by atoms with Crippen molar-refractivity contribution in [2.45, 2.75) is 17.9 Å². The summed E-state index contributed by atoms with van der Waals surface area (Å²) < 4.78 is 5.05. The van der Waals surface area contributed by atoms with Crippen molar-refractivity contribution >= 4 is 11.8 Å². The first kappa shape index (κ1) is 12.5. The lowest BCUT2D eigenvalue weighted by Crippen LogP contribution is -2.40. The summed E-state index contributed by atoms with van der Waals surface area (Å²) in [6.45, 7) is 2.73. The second-order valence-electron chi connectivity index (χ2n) is 3.45. The molecule has 0 aromatic heterocycles. The number of thioether (sulfide) groups is 1. The summed E-state index contributed by atoms with van der Waals surface area (Å²) >= 11 is 1.78. The van der Waals surface area contributed by atoms with Gasteiger partial charge in [-0.15, -0.1) is 11.8 Å². The third-order valence-electron chi connectivity index (χ3n) is 2.04. The van der Waals surface area contributed by atoms with E-state index in [1.165, 1.54) is 10.5 Å². The fourth-order valence-electron chi connectivity index (χ4n) is 1.25. The van der Waals surface area contributed by atoms with E-state index in [1.54, 1.807) is 18.9 Å². The number of aryl methyl sites for hydroxylation is 1. The highest BCUT2D eigenvalue weighted by atomic mass is 32.2. The van der Waals surface area contributed by atoms with Gasteiger partial charge in [-0.1, -0.05) is 17.7 Å². The van der Waals surface area contributed by atoms with E-state index in [4.69, 9.17) is 10.6 Å². The lowest BCUT2D eigenvalue weighted by atomic mass is 10.2. The molecule has 0 saturated carbocycles. The standard InChI is InChI=1S/C11H18N2OS/c1-9-4-3-5-11(6-9)15-8-10(13-12)7-14-2/h3-6,10,13H,7-8,12H2,1-2H3. The van der Waals surface area contributed by atoms with Crippen molar-refractivity contribution in [2.75, 3.05) is 19.5 Å². The van der Waals surface area contributed by atoms with Crippen molar-refractivity contribution in [3.05, 3.63) is 29.8 Å². The van der Waals surface area contributed by atoms with Crippen molar-refractivity contribution in [1.29, 1.82) is 0 Å². The predicted molar refractivity (Wildman–Crippen MR) is 64.9 cm³/mol. The van der Waals surface area contributed by atoms with Gasteiger partial charge >= 0.3 is 0 Å². The van der Waals surface area contributed by atoms with Crippen LogP contribution in [0.2, 0.25) is 0 Å². The molecule has 1 aromatic rings. The lowest BCUT2D eigenvalue weighted by Gasteiger charge is -2.14. The number of hydrogen-bond acceptors (Lipinski definition) is 4. The molecule has 0 heterocycles. The zero-order chi connectivity index (χ0) is 11.1. The van der Waals surface area contributed by atoms with Gasteiger partial charge in [-0.3, -0.25) is 11.3 Å². The van der Waals surface area contributed by atoms with Gasteiger partial charge in [0.05, 0.1) is 12.6 Å². The van der Waals surface area contributed by atoms with Gasteiger partial charge in [0.1, 0.15) is 0 Å². The minimum Gasteiger partial charge on any atom is -0.383 e. The normalized spacial score (nSPS) is 12.7. The predicted octanol–water partition coefficient (Wildman–Crippen LogP) is 1.57. The molecule has 0 radical (unpaired) electrons. The van der Waals surface area contributed by atoms with E-state index in [0.717, 1.165) is 5.75 Å². The van der Waals surface area contributed by atoms with Gasteiger partial charge in [-0.05, 0) is 19.1 Å². The van der Waals surface area contributed by atoms with Crippen LogP contribution < -0.4 is 11.3 Å². The summed E-state index contributed by atoms with van der Waals surface area (Å²) in [6, 6.07) is 8.64. The Bertz CT molecular complexity index is 294. The molecule has 0 bridgehead atoms. The van der Waals surface area contributed by atoms with E-state index in [1.807, 2.05) is 0 Å². The van der Waals surface area contributed by atoms with Crippen molar-refractivity contribution in [2.24, 2.45) is 5.84 Å². The molecule has 3 nitrogen and oxygen atoms in total. The van der Waals surface area contributed by atoms with Gasteiger partial charge in [0.25, 0.3) is 0 Å². The van der Waals surface area contributed by atoms with Crippen LogP contribution in [0, 0.1) is 6.92 Å². The molecular formula is C11H18N2OS. The van der Waals surface area contributed by atoms with Crippen LogP contribution in [-0.2, 0) is 4.74 Å². The van der Waals surface area contributed by atoms with Gasteiger partial charge in [-0.25, -0.2) is 0 Å². The van der Waals surface area contributed by atoms with Gasteiger partial charge in [0.15, 0.2) is 0 Å². The maximum absolute atomic E-state index is 5.41. The molecular weight excluding hydrogens is 208 g/mol. The molecule has 4 heteroatoms. The lowest BCUT2D eigenvalue weighted by molar-refractivity contribution is 0.174. The molecule has 84 valence electrons. The summed E-state index contributed by atoms with van der Waals surface area (Å²) in [6.07, 6.45) is 0. The molecule has 1 unspecified atom stereocenters. The van der Waals surface area contributed by atoms with Crippen molar-refractivity contribution in [3.8, 4) is 0 Å². The van der Waals surface area contributed by atoms with E-state index in [0.29, 0.717) is 6.61 Å². The second-order valence-corrected chi connectivity index (χ2v) is 4.54. The highest BCUT2D eigenvalue weighted by Crippen LogP contribution is 2.19. The molecule has 0 aliphatic heterocycles. The molecule has 0 amide bonds. The van der Waals surface area contributed by atoms with Crippen LogP contribution in [0.25, 0.3) is 0 Å². The summed E-state index contributed by atoms with van der Waals surface area (Å²) in [5, 5.41) is 0. The summed E-state index contributed by atoms with van der Waals surface area (Å²) in [4.78, 5) is 1.27. The Kier molecular flexibility index (Phi) is 5.71. The molecule has 0 aliphatic rings. The zero-order valence-corrected chi connectivity index (χ0v) is 10.0. The Balaban J connectivity index is 2.41. The van der Waals surface area contributed by atoms with E-state index in [-0.39, 0.29) is 6.04 Å². The summed E-state index contributed by atoms with van der Waals surface area (Å²) in [5.41, 5.74) is 4.02. The fourth-order valence-corrected chi connectivity index (χ4v) is 2.28. The first-order valence-corrected chi connectivity index (χ1v) is 5.89. The van der Waals surface area contributed by atoms with Crippen LogP contribution in [-0.4, -0.2) is 25.5 Å². The fraction of sp³-hybridized carbons (Fsp3) is 0.455. The number of methoxy groups -OCH3 is 1. The number of hydrogen-bond donors (Lipinski definition) is 2. The third kappa shape index (κ3) is 4.66. The molecule has 1 atom stereocenters. The van der Waals surface area contributed by atoms with Crippen molar-refractivity contribution in [3.63, 3.8) is 0 Å². The van der Waals surface area contributed by atoms with Gasteiger partial charge in [0.2, 0.25) is 0 Å². The number of nitrogens with two attached hydrogens (primary N) is 1. The summed E-state index contributed by atoms with van der Waals surface area (Å²) in [7, 11) is 1.68. The van der Waals surface area contributed by atoms with E-state index in [2.05, 4.69) is 36.6 Å². The van der Waals surface area contributed by atoms with Gasteiger partial charge < -0.3 is 4.74 Å². The minimum atomic E-state index is 0.195. The quantitative estimate of drug-likeness (QED) is 0.439. The number of benzene rings is 1. The highest BCUT2D eigenvalue weighted by molar-refractivity contribution is 7.99. The Morgan fingerprint density at radius 3 is 2.93 bits per heavy atom. The van der Waals surface area contributed by atoms with Crippen LogP contribution in [0.4, 0.5) is 0 Å². The molecule has 3 N–H and O–H groups in total. The van der Waals surface area contributed by atoms with E-state index >= 15 is 0 Å². The van der Waals surface area contributed by atoms with Gasteiger partial charge in [-0.2, -0.15) is 0 Å². The van der Waals surface area contributed by atoms with Crippen LogP contribution in [0.1, 0.15) is 5.56 Å². The molecule has 1 aromatic carbocycles. The zero-order valence-electron chi connectivity index (χ0n) is 9.19. The van der Waals surface area contributed by atoms with Crippen molar-refractivity contribution < 1.29 is 4.74 Å². The molecule has 0 aliphatic carbocycles. The average molecular weight is 226 g/mol. The number of nitrogens with one attached hydrogen (secondary N) is 1. The minimum absolute atomic E-state index is 0.195. The Labute approximate surface area is 95.4 Å². The van der Waals surface area contributed by atoms with Gasteiger partial charge in [0, 0.05) is 17.8 Å². The maximum atomic E-state index is 5.41. The first-order valence-electron chi connectivity index (χ1n) is 4.90. The van der Waals surface area contributed by atoms with Crippen LogP contribution in [0.15, 0.2) is 29.2 Å². The molecule has 0 saturated heterocycles. The van der Waals surface area contributed by atoms with Crippen LogP contribution in [0.3, 0.4) is 0 Å². The molecule has 15 heavy (non-hydrogen) atoms. The van der Waals surface area contributed by atoms with Crippen molar-refractivity contribution in [1.82, 2.24) is 5.43 Å². The number of hydrazine groups is 1. The third-order valence-corrected chi connectivity index (χ3v) is 3.20. The second kappa shape index (κ2) is 6.85. The number of ether oxygens (including phenoxy) is 1. The first-order chi connectivity index (χ1) is 7.26. The van der Waals surface area contributed by atoms with Crippen LogP contribution >= 0.6 is 11.8 Å². The Hall–Kier alpha value is -0.550. The average Bonchev–Trinajstić information content (AvgIpc) is 2.24. The molecule has 0 spiro atoms.